The summed E-state index contributed by atoms with van der Waals surface area (Å²) in [7, 11) is 0. The van der Waals surface area contributed by atoms with E-state index in [1.165, 1.54) is 24.3 Å². The Hall–Kier alpha value is -2.84. The van der Waals surface area contributed by atoms with Gasteiger partial charge in [0.1, 0.15) is 21.7 Å². The van der Waals surface area contributed by atoms with Gasteiger partial charge in [-0.25, -0.2) is 9.18 Å². The molecule has 0 amide bonds. The van der Waals surface area contributed by atoms with Crippen LogP contribution < -0.4 is 11.2 Å². The summed E-state index contributed by atoms with van der Waals surface area (Å²) >= 11 is 4.39. The number of benzene rings is 2. The molecule has 2 aromatic carbocycles. The van der Waals surface area contributed by atoms with Gasteiger partial charge in [-0.3, -0.25) is 9.36 Å². The first-order valence-corrected chi connectivity index (χ1v) is 11.0. The predicted molar refractivity (Wildman–Crippen MR) is 120 cm³/mol. The molecule has 0 radical (unpaired) electrons. The Morgan fingerprint density at radius 3 is 2.52 bits per heavy atom. The number of rotatable bonds is 2. The number of aromatic nitrogens is 1. The van der Waals surface area contributed by atoms with Crippen molar-refractivity contribution in [1.29, 1.82) is 0 Å². The fourth-order valence-corrected chi connectivity index (χ4v) is 5.19. The number of pyridine rings is 1. The van der Waals surface area contributed by atoms with Gasteiger partial charge in [-0.1, -0.05) is 41.5 Å². The van der Waals surface area contributed by atoms with Crippen molar-refractivity contribution in [2.24, 2.45) is 0 Å². The van der Waals surface area contributed by atoms with Crippen LogP contribution in [0.5, 0.6) is 5.75 Å². The third kappa shape index (κ3) is 2.96. The SMILES string of the molecule is CC1(C)c2cc(Br)ccc2-n2c1cc1oc(=O)c(Sc3ccc(F)cc3)c(O)c1c2=O. The maximum Gasteiger partial charge on any atom is 0.354 e. The molecule has 0 saturated heterocycles. The molecule has 0 aliphatic carbocycles. The second kappa shape index (κ2) is 6.83. The fraction of sp³-hybridized carbons (Fsp3) is 0.130. The van der Waals surface area contributed by atoms with Crippen LogP contribution in [0.2, 0.25) is 0 Å². The Morgan fingerprint density at radius 1 is 1.10 bits per heavy atom. The highest BCUT2D eigenvalue weighted by atomic mass is 79.9. The summed E-state index contributed by atoms with van der Waals surface area (Å²) in [6.07, 6.45) is 0. The summed E-state index contributed by atoms with van der Waals surface area (Å²) < 4.78 is 21.1. The molecule has 1 aliphatic heterocycles. The molecule has 8 heteroatoms. The minimum Gasteiger partial charge on any atom is -0.505 e. The van der Waals surface area contributed by atoms with Crippen LogP contribution in [0.1, 0.15) is 25.1 Å². The van der Waals surface area contributed by atoms with Crippen molar-refractivity contribution in [1.82, 2.24) is 4.57 Å². The molecule has 1 N–H and O–H groups in total. The summed E-state index contributed by atoms with van der Waals surface area (Å²) in [5.74, 6) is -0.856. The van der Waals surface area contributed by atoms with Gasteiger partial charge in [-0.2, -0.15) is 0 Å². The lowest BCUT2D eigenvalue weighted by molar-refractivity contribution is 0.445. The van der Waals surface area contributed by atoms with E-state index in [1.807, 2.05) is 32.0 Å². The van der Waals surface area contributed by atoms with E-state index < -0.39 is 28.2 Å². The molecule has 4 aromatic rings. The van der Waals surface area contributed by atoms with Crippen LogP contribution in [-0.4, -0.2) is 9.67 Å². The first-order valence-electron chi connectivity index (χ1n) is 9.38. The van der Waals surface area contributed by atoms with Gasteiger partial charge in [-0.05, 0) is 48.0 Å². The van der Waals surface area contributed by atoms with E-state index in [9.17, 15) is 19.1 Å². The standard InChI is InChI=1S/C23H15BrFNO4S/c1-23(2)14-9-11(24)3-8-15(14)26-17(23)10-16-18(21(26)28)19(27)20(22(29)30-16)31-13-6-4-12(25)5-7-13/h3-10,27H,1-2H3. The predicted octanol–water partition coefficient (Wildman–Crippen LogP) is 5.34. The second-order valence-corrected chi connectivity index (χ2v) is 9.82. The zero-order chi connectivity index (χ0) is 22.1. The monoisotopic (exact) mass is 499 g/mol. The summed E-state index contributed by atoms with van der Waals surface area (Å²) in [5.41, 5.74) is 0.609. The van der Waals surface area contributed by atoms with Gasteiger partial charge in [0.25, 0.3) is 5.56 Å². The van der Waals surface area contributed by atoms with Gasteiger partial charge < -0.3 is 9.52 Å². The zero-order valence-corrected chi connectivity index (χ0v) is 18.8. The molecule has 31 heavy (non-hydrogen) atoms. The van der Waals surface area contributed by atoms with Crippen LogP contribution in [-0.2, 0) is 5.41 Å². The van der Waals surface area contributed by atoms with Crippen molar-refractivity contribution >= 4 is 38.7 Å². The molecular formula is C23H15BrFNO4S. The molecule has 5 nitrogen and oxygen atoms in total. The van der Waals surface area contributed by atoms with Gasteiger partial charge in [0, 0.05) is 26.5 Å². The highest BCUT2D eigenvalue weighted by molar-refractivity contribution is 9.10. The summed E-state index contributed by atoms with van der Waals surface area (Å²) in [5, 5.41) is 10.8. The topological polar surface area (TPSA) is 72.4 Å². The van der Waals surface area contributed by atoms with Crippen molar-refractivity contribution in [2.75, 3.05) is 0 Å². The lowest BCUT2D eigenvalue weighted by Crippen LogP contribution is -2.24. The van der Waals surface area contributed by atoms with Crippen LogP contribution >= 0.6 is 27.7 Å². The Balaban J connectivity index is 1.79. The maximum absolute atomic E-state index is 13.5. The minimum absolute atomic E-state index is 0.0298. The van der Waals surface area contributed by atoms with Crippen molar-refractivity contribution in [2.45, 2.75) is 29.1 Å². The number of halogens is 2. The molecule has 0 saturated carbocycles. The van der Waals surface area contributed by atoms with Crippen LogP contribution in [0.3, 0.4) is 0 Å². The van der Waals surface area contributed by atoms with Crippen molar-refractivity contribution in [3.63, 3.8) is 0 Å². The molecule has 0 bridgehead atoms. The summed E-state index contributed by atoms with van der Waals surface area (Å²) in [6.45, 7) is 3.97. The average Bonchev–Trinajstić information content (AvgIpc) is 2.93. The zero-order valence-electron chi connectivity index (χ0n) is 16.4. The number of nitrogens with zero attached hydrogens (tertiary/aromatic N) is 1. The van der Waals surface area contributed by atoms with Gasteiger partial charge in [0.15, 0.2) is 5.75 Å². The minimum atomic E-state index is -0.764. The molecule has 3 heterocycles. The molecule has 0 fully saturated rings. The molecule has 1 aliphatic rings. The molecule has 0 spiro atoms. The maximum atomic E-state index is 13.5. The second-order valence-electron chi connectivity index (χ2n) is 7.82. The van der Waals surface area contributed by atoms with Crippen molar-refractivity contribution in [3.05, 3.63) is 90.9 Å². The fourth-order valence-electron chi connectivity index (χ4n) is 3.99. The van der Waals surface area contributed by atoms with Gasteiger partial charge in [0.2, 0.25) is 0 Å². The highest BCUT2D eigenvalue weighted by Gasteiger charge is 2.38. The van der Waals surface area contributed by atoms with Gasteiger partial charge in [-0.15, -0.1) is 0 Å². The number of aromatic hydroxyl groups is 1. The lowest BCUT2D eigenvalue weighted by Gasteiger charge is -2.20. The van der Waals surface area contributed by atoms with Crippen LogP contribution in [0, 0.1) is 5.82 Å². The van der Waals surface area contributed by atoms with E-state index in [1.54, 1.807) is 10.6 Å². The average molecular weight is 500 g/mol. The molecular weight excluding hydrogens is 485 g/mol. The Kier molecular flexibility index (Phi) is 4.43. The van der Waals surface area contributed by atoms with Crippen LogP contribution in [0.25, 0.3) is 16.7 Å². The molecule has 0 atom stereocenters. The number of hydrogen-bond donors (Lipinski definition) is 1. The largest absolute Gasteiger partial charge is 0.505 e. The molecule has 0 unspecified atom stereocenters. The number of fused-ring (bicyclic) bond motifs is 4. The first-order chi connectivity index (χ1) is 14.7. The van der Waals surface area contributed by atoms with E-state index in [-0.39, 0.29) is 15.9 Å². The highest BCUT2D eigenvalue weighted by Crippen LogP contribution is 2.44. The lowest BCUT2D eigenvalue weighted by atomic mass is 9.83. The Bertz CT molecular complexity index is 1510. The Labute approximate surface area is 188 Å². The molecule has 156 valence electrons. The number of hydrogen-bond acceptors (Lipinski definition) is 5. The smallest absolute Gasteiger partial charge is 0.354 e. The quantitative estimate of drug-likeness (QED) is 0.402. The van der Waals surface area contributed by atoms with Gasteiger partial charge >= 0.3 is 5.63 Å². The third-order valence-electron chi connectivity index (χ3n) is 5.56. The van der Waals surface area contributed by atoms with Crippen molar-refractivity contribution in [3.8, 4) is 11.4 Å². The third-order valence-corrected chi connectivity index (χ3v) is 7.12. The summed E-state index contributed by atoms with van der Waals surface area (Å²) in [4.78, 5) is 26.5. The van der Waals surface area contributed by atoms with E-state index in [0.29, 0.717) is 16.3 Å². The Morgan fingerprint density at radius 2 is 1.81 bits per heavy atom. The van der Waals surface area contributed by atoms with E-state index in [0.717, 1.165) is 21.8 Å². The molecule has 5 rings (SSSR count). The van der Waals surface area contributed by atoms with Crippen molar-refractivity contribution < 1.29 is 13.9 Å². The van der Waals surface area contributed by atoms with E-state index >= 15 is 0 Å². The van der Waals surface area contributed by atoms with Gasteiger partial charge in [0.05, 0.1) is 5.69 Å². The normalized spacial score (nSPS) is 13.9. The first kappa shape index (κ1) is 20.1. The molecule has 2 aromatic heterocycles. The van der Waals surface area contributed by atoms with Crippen LogP contribution in [0.15, 0.2) is 76.8 Å². The summed E-state index contributed by atoms with van der Waals surface area (Å²) in [6, 6.07) is 12.7. The van der Waals surface area contributed by atoms with E-state index in [4.69, 9.17) is 4.42 Å². The van der Waals surface area contributed by atoms with Crippen LogP contribution in [0.4, 0.5) is 4.39 Å². The van der Waals surface area contributed by atoms with E-state index in [2.05, 4.69) is 15.9 Å².